The third-order valence-electron chi connectivity index (χ3n) is 3.34. The van der Waals surface area contributed by atoms with Crippen LogP contribution in [0.2, 0.25) is 0 Å². The zero-order valence-electron chi connectivity index (χ0n) is 12.9. The number of carboxylic acids is 1. The largest absolute Gasteiger partial charge is 0.481 e. The van der Waals surface area contributed by atoms with Crippen molar-refractivity contribution in [3.05, 3.63) is 27.6 Å². The number of carbonyl (C=O) groups is 2. The summed E-state index contributed by atoms with van der Waals surface area (Å²) in [6.07, 6.45) is 3.61. The lowest BCUT2D eigenvalue weighted by Crippen LogP contribution is -2.32. The molecule has 124 valence electrons. The number of nitrogens with zero attached hydrogens (tertiary/aromatic N) is 2. The second-order valence-corrected chi connectivity index (χ2v) is 6.54. The number of hydrogen-bond donors (Lipinski definition) is 2. The molecule has 1 amide bonds. The van der Waals surface area contributed by atoms with Gasteiger partial charge in [0, 0.05) is 17.8 Å². The second-order valence-electron chi connectivity index (χ2n) is 5.31. The summed E-state index contributed by atoms with van der Waals surface area (Å²) in [5, 5.41) is 11.8. The number of aliphatic carboxylic acids is 1. The number of hydrogen-bond acceptors (Lipinski definition) is 5. The van der Waals surface area contributed by atoms with Gasteiger partial charge in [-0.3, -0.25) is 19.0 Å². The molecule has 0 spiro atoms. The number of aryl methyl sites for hydroxylation is 1. The summed E-state index contributed by atoms with van der Waals surface area (Å²) >= 11 is 1.45. The highest BCUT2D eigenvalue weighted by Gasteiger charge is 2.09. The third kappa shape index (κ3) is 4.88. The second kappa shape index (κ2) is 7.87. The molecule has 0 radical (unpaired) electrons. The van der Waals surface area contributed by atoms with Crippen LogP contribution >= 0.6 is 11.3 Å². The number of carboxylic acid groups (broad SMARTS) is 1. The van der Waals surface area contributed by atoms with E-state index in [9.17, 15) is 14.4 Å². The van der Waals surface area contributed by atoms with E-state index in [1.165, 1.54) is 22.2 Å². The van der Waals surface area contributed by atoms with Crippen LogP contribution in [-0.2, 0) is 16.1 Å². The Bertz CT molecular complexity index is 766. The molecule has 2 aromatic rings. The van der Waals surface area contributed by atoms with E-state index in [0.717, 1.165) is 17.7 Å². The summed E-state index contributed by atoms with van der Waals surface area (Å²) < 4.78 is 1.30. The molecule has 8 heteroatoms. The Kier molecular flexibility index (Phi) is 5.86. The lowest BCUT2D eigenvalue weighted by molar-refractivity contribution is -0.137. The number of fused-ring (bicyclic) bond motifs is 1. The highest BCUT2D eigenvalue weighted by Crippen LogP contribution is 2.19. The van der Waals surface area contributed by atoms with E-state index in [2.05, 4.69) is 10.3 Å². The van der Waals surface area contributed by atoms with E-state index in [-0.39, 0.29) is 24.4 Å². The number of rotatable bonds is 8. The normalized spacial score (nSPS) is 10.8. The first-order valence-electron chi connectivity index (χ1n) is 7.41. The van der Waals surface area contributed by atoms with E-state index in [1.807, 2.05) is 6.92 Å². The predicted molar refractivity (Wildman–Crippen MR) is 87.7 cm³/mol. The molecular weight excluding hydrogens is 318 g/mol. The number of carbonyl (C=O) groups excluding carboxylic acids is 1. The fraction of sp³-hybridized carbons (Fsp3) is 0.467. The molecule has 0 unspecified atom stereocenters. The highest BCUT2D eigenvalue weighted by atomic mass is 32.1. The van der Waals surface area contributed by atoms with Gasteiger partial charge in [0.05, 0.1) is 11.7 Å². The lowest BCUT2D eigenvalue weighted by atomic mass is 10.2. The fourth-order valence-electron chi connectivity index (χ4n) is 2.21. The van der Waals surface area contributed by atoms with Gasteiger partial charge in [0.25, 0.3) is 5.56 Å². The Morgan fingerprint density at radius 1 is 1.35 bits per heavy atom. The molecule has 23 heavy (non-hydrogen) atoms. The molecule has 2 heterocycles. The van der Waals surface area contributed by atoms with Crippen molar-refractivity contribution in [3.63, 3.8) is 0 Å². The highest BCUT2D eigenvalue weighted by molar-refractivity contribution is 7.18. The third-order valence-corrected chi connectivity index (χ3v) is 4.30. The van der Waals surface area contributed by atoms with E-state index in [4.69, 9.17) is 5.11 Å². The molecule has 0 aromatic carbocycles. The summed E-state index contributed by atoms with van der Waals surface area (Å²) in [5.74, 6) is -1.06. The molecule has 0 aliphatic carbocycles. The summed E-state index contributed by atoms with van der Waals surface area (Å²) in [5.41, 5.74) is -0.212. The summed E-state index contributed by atoms with van der Waals surface area (Å²) in [4.78, 5) is 40.4. The van der Waals surface area contributed by atoms with Gasteiger partial charge in [-0.2, -0.15) is 0 Å². The van der Waals surface area contributed by atoms with E-state index < -0.39 is 5.97 Å². The van der Waals surface area contributed by atoms with Crippen molar-refractivity contribution in [1.82, 2.24) is 14.9 Å². The standard InChI is InChI=1S/C15H19N3O4S/c1-10-7-11-14(23-10)17-9-18(15(11)22)8-12(19)16-6-4-2-3-5-13(20)21/h7,9H,2-6,8H2,1H3,(H,16,19)(H,20,21). The van der Waals surface area contributed by atoms with Crippen LogP contribution in [0.3, 0.4) is 0 Å². The number of thiophene rings is 1. The monoisotopic (exact) mass is 337 g/mol. The summed E-state index contributed by atoms with van der Waals surface area (Å²) in [6, 6.07) is 1.78. The maximum absolute atomic E-state index is 12.3. The van der Waals surface area contributed by atoms with Crippen molar-refractivity contribution >= 4 is 33.4 Å². The smallest absolute Gasteiger partial charge is 0.303 e. The van der Waals surface area contributed by atoms with Crippen LogP contribution in [0.4, 0.5) is 0 Å². The number of unbranched alkanes of at least 4 members (excludes halogenated alkanes) is 2. The van der Waals surface area contributed by atoms with Crippen molar-refractivity contribution in [1.29, 1.82) is 0 Å². The van der Waals surface area contributed by atoms with Gasteiger partial charge >= 0.3 is 5.97 Å². The first kappa shape index (κ1) is 17.1. The van der Waals surface area contributed by atoms with Crippen LogP contribution in [0.5, 0.6) is 0 Å². The van der Waals surface area contributed by atoms with Crippen LogP contribution in [0.15, 0.2) is 17.2 Å². The Balaban J connectivity index is 1.82. The summed E-state index contributed by atoms with van der Waals surface area (Å²) in [6.45, 7) is 2.32. The molecule has 0 bridgehead atoms. The van der Waals surface area contributed by atoms with E-state index >= 15 is 0 Å². The minimum absolute atomic E-state index is 0.0637. The Hall–Kier alpha value is -2.22. The SMILES string of the molecule is Cc1cc2c(=O)n(CC(=O)NCCCCCC(=O)O)cnc2s1. The fourth-order valence-corrected chi connectivity index (χ4v) is 3.05. The lowest BCUT2D eigenvalue weighted by Gasteiger charge is -2.07. The Labute approximate surface area is 137 Å². The molecular formula is C15H19N3O4S. The van der Waals surface area contributed by atoms with Gasteiger partial charge in [0.15, 0.2) is 0 Å². The van der Waals surface area contributed by atoms with Crippen molar-refractivity contribution in [2.45, 2.75) is 39.2 Å². The van der Waals surface area contributed by atoms with Gasteiger partial charge < -0.3 is 10.4 Å². The maximum atomic E-state index is 12.3. The quantitative estimate of drug-likeness (QED) is 0.711. The van der Waals surface area contributed by atoms with E-state index in [1.54, 1.807) is 6.07 Å². The van der Waals surface area contributed by atoms with E-state index in [0.29, 0.717) is 23.2 Å². The van der Waals surface area contributed by atoms with Gasteiger partial charge in [0.1, 0.15) is 11.4 Å². The van der Waals surface area contributed by atoms with Gasteiger partial charge in [-0.1, -0.05) is 6.42 Å². The number of amides is 1. The molecule has 2 aromatic heterocycles. The average molecular weight is 337 g/mol. The molecule has 0 aliphatic heterocycles. The molecule has 0 fully saturated rings. The minimum atomic E-state index is -0.806. The van der Waals surface area contributed by atoms with Gasteiger partial charge in [-0.05, 0) is 25.8 Å². The molecule has 0 aliphatic rings. The topological polar surface area (TPSA) is 101 Å². The van der Waals surface area contributed by atoms with Crippen LogP contribution < -0.4 is 10.9 Å². The zero-order valence-corrected chi connectivity index (χ0v) is 13.7. The zero-order chi connectivity index (χ0) is 16.8. The van der Waals surface area contributed by atoms with Crippen molar-refractivity contribution in [2.75, 3.05) is 6.54 Å². The average Bonchev–Trinajstić information content (AvgIpc) is 2.87. The number of aromatic nitrogens is 2. The van der Waals surface area contributed by atoms with Crippen LogP contribution in [0, 0.1) is 6.92 Å². The first-order valence-corrected chi connectivity index (χ1v) is 8.23. The maximum Gasteiger partial charge on any atom is 0.303 e. The minimum Gasteiger partial charge on any atom is -0.481 e. The molecule has 0 atom stereocenters. The molecule has 0 saturated carbocycles. The predicted octanol–water partition coefficient (Wildman–Crippen LogP) is 1.53. The van der Waals surface area contributed by atoms with Gasteiger partial charge in [0.2, 0.25) is 5.91 Å². The Morgan fingerprint density at radius 2 is 2.13 bits per heavy atom. The molecule has 7 nitrogen and oxygen atoms in total. The number of nitrogens with one attached hydrogen (secondary N) is 1. The van der Waals surface area contributed by atoms with Crippen LogP contribution in [-0.4, -0.2) is 33.1 Å². The molecule has 2 rings (SSSR count). The van der Waals surface area contributed by atoms with Gasteiger partial charge in [-0.15, -0.1) is 11.3 Å². The molecule has 2 N–H and O–H groups in total. The first-order chi connectivity index (χ1) is 11.0. The van der Waals surface area contributed by atoms with Gasteiger partial charge in [-0.25, -0.2) is 4.98 Å². The van der Waals surface area contributed by atoms with Crippen molar-refractivity contribution in [3.8, 4) is 0 Å². The van der Waals surface area contributed by atoms with Crippen molar-refractivity contribution in [2.24, 2.45) is 0 Å². The molecule has 0 saturated heterocycles. The van der Waals surface area contributed by atoms with Crippen LogP contribution in [0.1, 0.15) is 30.6 Å². The van der Waals surface area contributed by atoms with Crippen LogP contribution in [0.25, 0.3) is 10.2 Å². The van der Waals surface area contributed by atoms with Crippen molar-refractivity contribution < 1.29 is 14.7 Å². The summed E-state index contributed by atoms with van der Waals surface area (Å²) in [7, 11) is 0. The Morgan fingerprint density at radius 3 is 2.87 bits per heavy atom.